The van der Waals surface area contributed by atoms with Crippen molar-refractivity contribution < 1.29 is 28.4 Å². The van der Waals surface area contributed by atoms with Gasteiger partial charge in [-0.3, -0.25) is 14.5 Å². The van der Waals surface area contributed by atoms with Crippen LogP contribution in [0.15, 0.2) is 12.4 Å². The van der Waals surface area contributed by atoms with Crippen molar-refractivity contribution in [3.05, 3.63) is 12.4 Å². The lowest BCUT2D eigenvalue weighted by molar-refractivity contribution is -0.120. The molecule has 1 saturated carbocycles. The van der Waals surface area contributed by atoms with Crippen LogP contribution in [0.1, 0.15) is 32.6 Å². The van der Waals surface area contributed by atoms with Crippen molar-refractivity contribution in [1.29, 1.82) is 0 Å². The van der Waals surface area contributed by atoms with Gasteiger partial charge in [0.25, 0.3) is 5.91 Å². The van der Waals surface area contributed by atoms with E-state index in [0.717, 1.165) is 25.7 Å². The van der Waals surface area contributed by atoms with Gasteiger partial charge in [0, 0.05) is 19.6 Å². The first-order chi connectivity index (χ1) is 16.2. The van der Waals surface area contributed by atoms with Gasteiger partial charge in [0.05, 0.1) is 36.9 Å². The molecule has 1 atom stereocenters. The molecular formula is C21H30N6O6S. The van der Waals surface area contributed by atoms with Gasteiger partial charge in [0.2, 0.25) is 17.5 Å². The average Bonchev–Trinajstić information content (AvgIpc) is 3.54. The van der Waals surface area contributed by atoms with Crippen molar-refractivity contribution >= 4 is 35.1 Å². The molecule has 4 rings (SSSR count). The first-order valence-electron chi connectivity index (χ1n) is 11.4. The maximum atomic E-state index is 12.5. The van der Waals surface area contributed by atoms with E-state index in [4.69, 9.17) is 15.2 Å². The van der Waals surface area contributed by atoms with E-state index < -0.39 is 17.3 Å². The molecule has 3 fully saturated rings. The van der Waals surface area contributed by atoms with Crippen LogP contribution >= 0.6 is 0 Å². The number of piperidine rings is 1. The second-order valence-corrected chi connectivity index (χ2v) is 10.6. The van der Waals surface area contributed by atoms with Crippen molar-refractivity contribution in [1.82, 2.24) is 19.2 Å². The maximum Gasteiger partial charge on any atom is 0.410 e. The van der Waals surface area contributed by atoms with E-state index in [1.54, 1.807) is 4.90 Å². The smallest absolute Gasteiger partial charge is 0.410 e. The van der Waals surface area contributed by atoms with Crippen LogP contribution in [-0.2, 0) is 25.7 Å². The summed E-state index contributed by atoms with van der Waals surface area (Å²) in [4.78, 5) is 47.4. The van der Waals surface area contributed by atoms with Gasteiger partial charge in [-0.1, -0.05) is 0 Å². The molecule has 1 unspecified atom stereocenters. The van der Waals surface area contributed by atoms with Crippen LogP contribution in [0.2, 0.25) is 0 Å². The van der Waals surface area contributed by atoms with Crippen molar-refractivity contribution in [3.63, 3.8) is 0 Å². The van der Waals surface area contributed by atoms with Crippen molar-refractivity contribution in [2.24, 2.45) is 11.7 Å². The normalized spacial score (nSPS) is 21.8. The molecule has 2 saturated heterocycles. The molecule has 2 N–H and O–H groups in total. The fourth-order valence-corrected chi connectivity index (χ4v) is 4.81. The Morgan fingerprint density at radius 2 is 1.94 bits per heavy atom. The predicted octanol–water partition coefficient (Wildman–Crippen LogP) is 0.0541. The lowest BCUT2D eigenvalue weighted by Crippen LogP contribution is -2.53. The molecule has 2 aliphatic heterocycles. The summed E-state index contributed by atoms with van der Waals surface area (Å²) in [7, 11) is 0. The summed E-state index contributed by atoms with van der Waals surface area (Å²) in [6.45, 7) is 4.23. The van der Waals surface area contributed by atoms with Crippen LogP contribution in [0.25, 0.3) is 0 Å². The Hall–Kier alpha value is -2.64. The van der Waals surface area contributed by atoms with Gasteiger partial charge in [-0.15, -0.1) is 4.31 Å². The van der Waals surface area contributed by atoms with Crippen LogP contribution in [0.4, 0.5) is 10.6 Å². The van der Waals surface area contributed by atoms with E-state index in [9.17, 15) is 18.9 Å². The Bertz CT molecular complexity index is 906. The number of rotatable bonds is 8. The third-order valence-electron chi connectivity index (χ3n) is 6.26. The van der Waals surface area contributed by atoms with E-state index >= 15 is 0 Å². The largest absolute Gasteiger partial charge is 0.598 e. The molecule has 34 heavy (non-hydrogen) atoms. The molecule has 1 aromatic heterocycles. The monoisotopic (exact) mass is 494 g/mol. The number of aromatic nitrogens is 2. The third kappa shape index (κ3) is 6.27. The zero-order valence-corrected chi connectivity index (χ0v) is 20.0. The summed E-state index contributed by atoms with van der Waals surface area (Å²) in [6.07, 6.45) is 6.25. The number of hydrogen-bond acceptors (Lipinski definition) is 9. The van der Waals surface area contributed by atoms with E-state index in [1.807, 2.05) is 6.92 Å². The van der Waals surface area contributed by atoms with E-state index in [1.165, 1.54) is 21.6 Å². The summed E-state index contributed by atoms with van der Waals surface area (Å²) in [5.74, 6) is -0.215. The number of hydrogen-bond donors (Lipinski definition) is 1. The second kappa shape index (κ2) is 10.3. The zero-order chi connectivity index (χ0) is 24.3. The highest BCUT2D eigenvalue weighted by atomic mass is 32.2. The summed E-state index contributed by atoms with van der Waals surface area (Å²) < 4.78 is 24.8. The number of amides is 3. The van der Waals surface area contributed by atoms with Gasteiger partial charge < -0.3 is 24.7 Å². The van der Waals surface area contributed by atoms with Crippen molar-refractivity contribution in [2.75, 3.05) is 50.0 Å². The van der Waals surface area contributed by atoms with E-state index in [2.05, 4.69) is 9.97 Å². The number of ether oxygens (including phenoxy) is 2. The molecule has 0 bridgehead atoms. The summed E-state index contributed by atoms with van der Waals surface area (Å²) in [6, 6.07) is 0. The molecule has 1 aromatic rings. The highest BCUT2D eigenvalue weighted by molar-refractivity contribution is 7.89. The van der Waals surface area contributed by atoms with Crippen LogP contribution in [0, 0.1) is 5.92 Å². The molecular weight excluding hydrogens is 464 g/mol. The second-order valence-electron chi connectivity index (χ2n) is 9.11. The highest BCUT2D eigenvalue weighted by Gasteiger charge is 2.43. The quantitative estimate of drug-likeness (QED) is 0.494. The van der Waals surface area contributed by atoms with Crippen LogP contribution < -0.4 is 15.4 Å². The first-order valence-corrected chi connectivity index (χ1v) is 12.6. The lowest BCUT2D eigenvalue weighted by atomic mass is 9.98. The molecule has 3 aliphatic rings. The van der Waals surface area contributed by atoms with Crippen LogP contribution in [0.5, 0.6) is 5.88 Å². The minimum atomic E-state index is -1.62. The molecule has 1 aliphatic carbocycles. The number of nitrogens with two attached hydrogens (primary N) is 1. The van der Waals surface area contributed by atoms with Crippen molar-refractivity contribution in [3.8, 4) is 5.88 Å². The summed E-state index contributed by atoms with van der Waals surface area (Å²) in [5.41, 5.74) is 4.81. The number of likely N-dealkylation sites (tertiary alicyclic amines) is 1. The van der Waals surface area contributed by atoms with Gasteiger partial charge in [0.1, 0.15) is 12.1 Å². The molecule has 0 radical (unpaired) electrons. The van der Waals surface area contributed by atoms with Gasteiger partial charge in [-0.2, -0.15) is 0 Å². The zero-order valence-electron chi connectivity index (χ0n) is 19.2. The minimum Gasteiger partial charge on any atom is -0.598 e. The molecule has 0 aromatic carbocycles. The predicted molar refractivity (Wildman–Crippen MR) is 122 cm³/mol. The van der Waals surface area contributed by atoms with Crippen LogP contribution in [0.3, 0.4) is 0 Å². The topological polar surface area (TPSA) is 154 Å². The standard InChI is InChI=1S/C21H30N6O6S/c1-21(4-5-21)33-20(30)25-6-2-15(3-7-25)13-32-18-11-23-17(10-24-18)27-9-8-26(12-19(27)29)34(31)14-16(22)28/h10-11,15H,2-9,12-14H2,1H3,(H2,22,28). The van der Waals surface area contributed by atoms with E-state index in [0.29, 0.717) is 43.9 Å². The Labute approximate surface area is 201 Å². The number of nitrogens with zero attached hydrogens (tertiary/aromatic N) is 5. The van der Waals surface area contributed by atoms with Gasteiger partial charge in [0.15, 0.2) is 5.82 Å². The highest BCUT2D eigenvalue weighted by Crippen LogP contribution is 2.39. The Balaban J connectivity index is 1.20. The summed E-state index contributed by atoms with van der Waals surface area (Å²) in [5, 5.41) is 0. The van der Waals surface area contributed by atoms with E-state index in [-0.39, 0.29) is 36.4 Å². The average molecular weight is 495 g/mol. The maximum absolute atomic E-state index is 12.5. The Kier molecular flexibility index (Phi) is 7.43. The Morgan fingerprint density at radius 1 is 1.21 bits per heavy atom. The number of piperazine rings is 1. The first kappa shape index (κ1) is 24.5. The third-order valence-corrected chi connectivity index (χ3v) is 7.68. The fourth-order valence-electron chi connectivity index (χ4n) is 3.84. The minimum absolute atomic E-state index is 0.0920. The number of carbonyl (C=O) groups is 3. The molecule has 12 nitrogen and oxygen atoms in total. The van der Waals surface area contributed by atoms with Gasteiger partial charge in [-0.05, 0) is 38.5 Å². The molecule has 13 heteroatoms. The van der Waals surface area contributed by atoms with Gasteiger partial charge in [-0.25, -0.2) is 14.8 Å². The molecule has 0 spiro atoms. The summed E-state index contributed by atoms with van der Waals surface area (Å²) >= 11 is -1.62. The number of carbonyl (C=O) groups excluding carboxylic acids is 3. The number of anilines is 1. The van der Waals surface area contributed by atoms with Crippen LogP contribution in [-0.4, -0.2) is 92.3 Å². The molecule has 3 amide bonds. The molecule has 186 valence electrons. The van der Waals surface area contributed by atoms with Gasteiger partial charge >= 0.3 is 6.09 Å². The molecule has 3 heterocycles. The van der Waals surface area contributed by atoms with Crippen molar-refractivity contribution in [2.45, 2.75) is 38.2 Å². The SMILES string of the molecule is CC1(OC(=O)N2CCC(COc3cnc(N4CCN([S+]([O-])CC(N)=O)CC4=O)cn3)CC2)CC1. The Morgan fingerprint density at radius 3 is 2.53 bits per heavy atom. The lowest BCUT2D eigenvalue weighted by Gasteiger charge is -2.33. The fraction of sp³-hybridized carbons (Fsp3) is 0.667. The number of primary amides is 1.